The van der Waals surface area contributed by atoms with Crippen molar-refractivity contribution in [1.29, 1.82) is 0 Å². The summed E-state index contributed by atoms with van der Waals surface area (Å²) in [6.45, 7) is 2.29. The molecule has 1 aromatic rings. The van der Waals surface area contributed by atoms with Crippen LogP contribution in [0.15, 0.2) is 30.3 Å². The number of ether oxygens (including phenoxy) is 1. The Morgan fingerprint density at radius 1 is 1.22 bits per heavy atom. The topological polar surface area (TPSA) is 46.6 Å². The largest absolute Gasteiger partial charge is 0.469 e. The lowest BCUT2D eigenvalue weighted by Gasteiger charge is -2.31. The van der Waals surface area contributed by atoms with E-state index in [-0.39, 0.29) is 23.8 Å². The third-order valence-corrected chi connectivity index (χ3v) is 4.63. The molecule has 4 nitrogen and oxygen atoms in total. The predicted octanol–water partition coefficient (Wildman–Crippen LogP) is 3.20. The first kappa shape index (κ1) is 17.5. The third kappa shape index (κ3) is 5.08. The van der Waals surface area contributed by atoms with E-state index in [1.807, 2.05) is 42.2 Å². The maximum atomic E-state index is 12.7. The van der Waals surface area contributed by atoms with Crippen molar-refractivity contribution in [2.45, 2.75) is 51.5 Å². The summed E-state index contributed by atoms with van der Waals surface area (Å²) < 4.78 is 4.81. The molecule has 0 aromatic heterocycles. The first-order chi connectivity index (χ1) is 11.1. The van der Waals surface area contributed by atoms with E-state index >= 15 is 0 Å². The van der Waals surface area contributed by atoms with E-state index in [0.717, 1.165) is 19.3 Å². The first-order valence-electron chi connectivity index (χ1n) is 8.53. The summed E-state index contributed by atoms with van der Waals surface area (Å²) >= 11 is 0. The molecule has 1 unspecified atom stereocenters. The minimum atomic E-state index is -0.277. The van der Waals surface area contributed by atoms with Gasteiger partial charge in [0, 0.05) is 19.0 Å². The highest BCUT2D eigenvalue weighted by Gasteiger charge is 2.29. The molecule has 0 bridgehead atoms. The van der Waals surface area contributed by atoms with Crippen LogP contribution in [0.2, 0.25) is 0 Å². The molecule has 0 spiro atoms. The number of rotatable bonds is 7. The lowest BCUT2D eigenvalue weighted by Crippen LogP contribution is -2.43. The molecular weight excluding hydrogens is 290 g/mol. The highest BCUT2D eigenvalue weighted by atomic mass is 16.5. The van der Waals surface area contributed by atoms with Crippen molar-refractivity contribution in [3.8, 4) is 0 Å². The van der Waals surface area contributed by atoms with Crippen LogP contribution in [0.1, 0.15) is 44.6 Å². The van der Waals surface area contributed by atoms with Gasteiger partial charge in [-0.1, -0.05) is 50.1 Å². The number of nitrogens with zero attached hydrogens (tertiary/aromatic N) is 1. The van der Waals surface area contributed by atoms with Crippen LogP contribution in [0.4, 0.5) is 0 Å². The van der Waals surface area contributed by atoms with E-state index in [4.69, 9.17) is 4.74 Å². The number of esters is 1. The second kappa shape index (κ2) is 8.70. The van der Waals surface area contributed by atoms with Gasteiger partial charge in [-0.3, -0.25) is 9.59 Å². The fraction of sp³-hybridized carbons (Fsp3) is 0.579. The molecule has 1 saturated carbocycles. The van der Waals surface area contributed by atoms with E-state index in [1.54, 1.807) is 0 Å². The van der Waals surface area contributed by atoms with Crippen molar-refractivity contribution in [2.24, 2.45) is 5.92 Å². The first-order valence-corrected chi connectivity index (χ1v) is 8.53. The minimum Gasteiger partial charge on any atom is -0.469 e. The summed E-state index contributed by atoms with van der Waals surface area (Å²) in [5.41, 5.74) is 1.17. The molecular formula is C19H27NO3. The van der Waals surface area contributed by atoms with Gasteiger partial charge < -0.3 is 9.64 Å². The molecule has 2 rings (SSSR count). The molecule has 1 amide bonds. The highest BCUT2D eigenvalue weighted by molar-refractivity contribution is 5.78. The Morgan fingerprint density at radius 3 is 2.48 bits per heavy atom. The van der Waals surface area contributed by atoms with Crippen molar-refractivity contribution in [2.75, 3.05) is 13.7 Å². The van der Waals surface area contributed by atoms with Crippen LogP contribution in [-0.4, -0.2) is 36.5 Å². The summed E-state index contributed by atoms with van der Waals surface area (Å²) in [5.74, 6) is -0.373. The number of carbonyl (C=O) groups is 2. The smallest absolute Gasteiger partial charge is 0.310 e. The van der Waals surface area contributed by atoms with E-state index in [2.05, 4.69) is 0 Å². The van der Waals surface area contributed by atoms with Crippen molar-refractivity contribution in [3.63, 3.8) is 0 Å². The van der Waals surface area contributed by atoms with Gasteiger partial charge in [-0.25, -0.2) is 0 Å². The maximum Gasteiger partial charge on any atom is 0.310 e. The van der Waals surface area contributed by atoms with Crippen molar-refractivity contribution < 1.29 is 14.3 Å². The number of carbonyl (C=O) groups excluding carboxylic acids is 2. The van der Waals surface area contributed by atoms with Gasteiger partial charge in [-0.05, 0) is 24.8 Å². The van der Waals surface area contributed by atoms with E-state index in [1.165, 1.54) is 25.5 Å². The molecule has 1 aromatic carbocycles. The van der Waals surface area contributed by atoms with E-state index in [9.17, 15) is 9.59 Å². The fourth-order valence-corrected chi connectivity index (χ4v) is 3.28. The van der Waals surface area contributed by atoms with Crippen molar-refractivity contribution in [3.05, 3.63) is 35.9 Å². The summed E-state index contributed by atoms with van der Waals surface area (Å²) in [6.07, 6.45) is 5.67. The zero-order valence-electron chi connectivity index (χ0n) is 14.2. The van der Waals surface area contributed by atoms with Gasteiger partial charge in [0.15, 0.2) is 0 Å². The van der Waals surface area contributed by atoms with E-state index < -0.39 is 0 Å². The van der Waals surface area contributed by atoms with Gasteiger partial charge in [0.1, 0.15) is 0 Å². The normalized spacial score (nSPS) is 16.1. The molecule has 1 aliphatic rings. The molecule has 23 heavy (non-hydrogen) atoms. The number of benzene rings is 1. The van der Waals surface area contributed by atoms with Gasteiger partial charge in [0.2, 0.25) is 5.91 Å². The van der Waals surface area contributed by atoms with Crippen LogP contribution in [-0.2, 0) is 20.7 Å². The Hall–Kier alpha value is -1.84. The standard InChI is InChI=1S/C19H27NO3/c1-15(19(22)23-2)14-20(17-10-6-7-11-17)18(21)13-12-16-8-4-3-5-9-16/h3-5,8-9,15,17H,6-7,10-14H2,1-2H3. The van der Waals surface area contributed by atoms with Crippen LogP contribution < -0.4 is 0 Å². The number of hydrogen-bond acceptors (Lipinski definition) is 3. The molecule has 0 saturated heterocycles. The Labute approximate surface area is 138 Å². The number of methoxy groups -OCH3 is 1. The molecule has 0 heterocycles. The average molecular weight is 317 g/mol. The fourth-order valence-electron chi connectivity index (χ4n) is 3.28. The van der Waals surface area contributed by atoms with Crippen LogP contribution in [0, 0.1) is 5.92 Å². The lowest BCUT2D eigenvalue weighted by atomic mass is 10.1. The van der Waals surface area contributed by atoms with Crippen molar-refractivity contribution in [1.82, 2.24) is 4.90 Å². The Bertz CT molecular complexity index is 509. The average Bonchev–Trinajstić information content (AvgIpc) is 3.11. The van der Waals surface area contributed by atoms with Crippen LogP contribution in [0.25, 0.3) is 0 Å². The Balaban J connectivity index is 1.97. The molecule has 4 heteroatoms. The van der Waals surface area contributed by atoms with E-state index in [0.29, 0.717) is 13.0 Å². The van der Waals surface area contributed by atoms with Crippen molar-refractivity contribution >= 4 is 11.9 Å². The second-order valence-electron chi connectivity index (χ2n) is 6.39. The number of amides is 1. The SMILES string of the molecule is COC(=O)C(C)CN(C(=O)CCc1ccccc1)C1CCCC1. The Kier molecular flexibility index (Phi) is 6.63. The van der Waals surface area contributed by atoms with Crippen LogP contribution in [0.3, 0.4) is 0 Å². The van der Waals surface area contributed by atoms with Gasteiger partial charge in [-0.15, -0.1) is 0 Å². The highest BCUT2D eigenvalue weighted by Crippen LogP contribution is 2.25. The maximum absolute atomic E-state index is 12.7. The zero-order valence-corrected chi connectivity index (χ0v) is 14.2. The van der Waals surface area contributed by atoms with Gasteiger partial charge in [0.05, 0.1) is 13.0 Å². The van der Waals surface area contributed by atoms with Gasteiger partial charge in [0.25, 0.3) is 0 Å². The second-order valence-corrected chi connectivity index (χ2v) is 6.39. The molecule has 0 N–H and O–H groups in total. The van der Waals surface area contributed by atoms with Crippen LogP contribution in [0.5, 0.6) is 0 Å². The summed E-state index contributed by atoms with van der Waals surface area (Å²) in [7, 11) is 1.40. The predicted molar refractivity (Wildman–Crippen MR) is 89.9 cm³/mol. The quantitative estimate of drug-likeness (QED) is 0.726. The van der Waals surface area contributed by atoms with Gasteiger partial charge in [-0.2, -0.15) is 0 Å². The van der Waals surface area contributed by atoms with Crippen LogP contribution >= 0.6 is 0 Å². The molecule has 1 atom stereocenters. The zero-order chi connectivity index (χ0) is 16.7. The number of aryl methyl sites for hydroxylation is 1. The third-order valence-electron chi connectivity index (χ3n) is 4.63. The lowest BCUT2D eigenvalue weighted by molar-refractivity contribution is -0.147. The molecule has 0 radical (unpaired) electrons. The summed E-state index contributed by atoms with van der Waals surface area (Å²) in [6, 6.07) is 10.3. The monoisotopic (exact) mass is 317 g/mol. The minimum absolute atomic E-state index is 0.150. The Morgan fingerprint density at radius 2 is 1.87 bits per heavy atom. The molecule has 1 aliphatic carbocycles. The number of hydrogen-bond donors (Lipinski definition) is 0. The molecule has 0 aliphatic heterocycles. The van der Waals surface area contributed by atoms with Gasteiger partial charge >= 0.3 is 5.97 Å². The summed E-state index contributed by atoms with van der Waals surface area (Å²) in [5, 5.41) is 0. The molecule has 126 valence electrons. The molecule has 1 fully saturated rings. The summed E-state index contributed by atoms with van der Waals surface area (Å²) in [4.78, 5) is 26.4.